The molecule has 0 radical (unpaired) electrons. The van der Waals surface area contributed by atoms with Crippen molar-refractivity contribution < 1.29 is 19.0 Å². The van der Waals surface area contributed by atoms with Crippen molar-refractivity contribution in [1.29, 1.82) is 0 Å². The van der Waals surface area contributed by atoms with Crippen LogP contribution in [0.1, 0.15) is 5.56 Å². The minimum absolute atomic E-state index is 0.134. The van der Waals surface area contributed by atoms with E-state index in [0.29, 0.717) is 17.2 Å². The van der Waals surface area contributed by atoms with Crippen LogP contribution in [-0.2, 0) is 18.3 Å². The van der Waals surface area contributed by atoms with Gasteiger partial charge in [-0.1, -0.05) is 12.1 Å². The molecule has 2 N–H and O–H groups in total. The van der Waals surface area contributed by atoms with Crippen LogP contribution in [0.4, 0.5) is 5.69 Å². The van der Waals surface area contributed by atoms with E-state index in [2.05, 4.69) is 31.9 Å². The monoisotopic (exact) mass is 474 g/mol. The summed E-state index contributed by atoms with van der Waals surface area (Å²) in [6, 6.07) is 11.1. The minimum atomic E-state index is -0.214. The molecule has 0 saturated carbocycles. The normalized spacial score (nSPS) is 10.4. The van der Waals surface area contributed by atoms with Crippen molar-refractivity contribution in [2.45, 2.75) is 6.42 Å². The summed E-state index contributed by atoms with van der Waals surface area (Å²) in [5, 5.41) is 4.44. The Kier molecular flexibility index (Phi) is 6.83. The topological polar surface area (TPSA) is 86.6 Å². The fraction of sp³-hybridized carbons (Fsp3) is 0.238. The SMILES string of the molecule is COc1cc(CC(=O)NNc2cccc(-c3nn(C)cc3Br)c2)cc(OC)c1OC. The maximum absolute atomic E-state index is 12.4. The molecule has 0 fully saturated rings. The van der Waals surface area contributed by atoms with Crippen molar-refractivity contribution in [1.82, 2.24) is 15.2 Å². The smallest absolute Gasteiger partial charge is 0.242 e. The molecular weight excluding hydrogens is 452 g/mol. The average molecular weight is 475 g/mol. The molecule has 0 spiro atoms. The van der Waals surface area contributed by atoms with E-state index in [1.807, 2.05) is 37.5 Å². The molecule has 3 aromatic rings. The number of nitrogens with zero attached hydrogens (tertiary/aromatic N) is 2. The number of hydrogen-bond acceptors (Lipinski definition) is 6. The van der Waals surface area contributed by atoms with Crippen molar-refractivity contribution in [3.05, 3.63) is 52.6 Å². The molecule has 158 valence electrons. The molecule has 1 aromatic heterocycles. The molecule has 8 nitrogen and oxygen atoms in total. The van der Waals surface area contributed by atoms with Crippen LogP contribution in [-0.4, -0.2) is 37.0 Å². The van der Waals surface area contributed by atoms with Crippen molar-refractivity contribution >= 4 is 27.5 Å². The number of carbonyl (C=O) groups excluding carboxylic acids is 1. The number of rotatable bonds is 8. The van der Waals surface area contributed by atoms with Gasteiger partial charge in [-0.3, -0.25) is 20.3 Å². The zero-order valence-electron chi connectivity index (χ0n) is 17.2. The summed E-state index contributed by atoms with van der Waals surface area (Å²) in [5.74, 6) is 1.27. The summed E-state index contributed by atoms with van der Waals surface area (Å²) < 4.78 is 18.6. The maximum atomic E-state index is 12.4. The van der Waals surface area contributed by atoms with Gasteiger partial charge in [0, 0.05) is 18.8 Å². The summed E-state index contributed by atoms with van der Waals surface area (Å²) in [6.45, 7) is 0. The second kappa shape index (κ2) is 9.53. The summed E-state index contributed by atoms with van der Waals surface area (Å²) >= 11 is 3.51. The highest BCUT2D eigenvalue weighted by Gasteiger charge is 2.15. The van der Waals surface area contributed by atoms with Crippen LogP contribution in [0.2, 0.25) is 0 Å². The lowest BCUT2D eigenvalue weighted by molar-refractivity contribution is -0.119. The van der Waals surface area contributed by atoms with Gasteiger partial charge in [-0.2, -0.15) is 5.10 Å². The molecular formula is C21H23BrN4O4. The zero-order valence-corrected chi connectivity index (χ0v) is 18.7. The lowest BCUT2D eigenvalue weighted by Crippen LogP contribution is -2.30. The standard InChI is InChI=1S/C21H23BrN4O4/c1-26-12-16(22)20(25-26)14-6-5-7-15(11-14)23-24-19(27)10-13-8-17(28-2)21(30-4)18(9-13)29-3/h5-9,11-12,23H,10H2,1-4H3,(H,24,27). The molecule has 2 aromatic carbocycles. The third kappa shape index (κ3) is 4.85. The van der Waals surface area contributed by atoms with Crippen molar-refractivity contribution in [2.75, 3.05) is 26.8 Å². The Morgan fingerprint density at radius 2 is 1.80 bits per heavy atom. The molecule has 30 heavy (non-hydrogen) atoms. The number of ether oxygens (including phenoxy) is 3. The van der Waals surface area contributed by atoms with E-state index in [4.69, 9.17) is 14.2 Å². The number of aryl methyl sites for hydroxylation is 1. The first-order chi connectivity index (χ1) is 14.4. The number of aromatic nitrogens is 2. The lowest BCUT2D eigenvalue weighted by Gasteiger charge is -2.14. The maximum Gasteiger partial charge on any atom is 0.242 e. The van der Waals surface area contributed by atoms with Gasteiger partial charge in [-0.15, -0.1) is 0 Å². The van der Waals surface area contributed by atoms with E-state index in [1.54, 1.807) is 16.8 Å². The minimum Gasteiger partial charge on any atom is -0.493 e. The number of anilines is 1. The van der Waals surface area contributed by atoms with Crippen molar-refractivity contribution in [3.63, 3.8) is 0 Å². The summed E-state index contributed by atoms with van der Waals surface area (Å²) in [6.07, 6.45) is 2.02. The number of carbonyl (C=O) groups is 1. The highest BCUT2D eigenvalue weighted by Crippen LogP contribution is 2.38. The fourth-order valence-electron chi connectivity index (χ4n) is 3.01. The van der Waals surface area contributed by atoms with Gasteiger partial charge in [0.05, 0.1) is 37.9 Å². The average Bonchev–Trinajstić information content (AvgIpc) is 3.09. The molecule has 9 heteroatoms. The Hall–Kier alpha value is -3.20. The van der Waals surface area contributed by atoms with Crippen LogP contribution < -0.4 is 25.1 Å². The van der Waals surface area contributed by atoms with Crippen LogP contribution in [0.15, 0.2) is 47.1 Å². The Balaban J connectivity index is 1.68. The van der Waals surface area contributed by atoms with Gasteiger partial charge in [-0.25, -0.2) is 0 Å². The van der Waals surface area contributed by atoms with Gasteiger partial charge < -0.3 is 14.2 Å². The Morgan fingerprint density at radius 1 is 1.10 bits per heavy atom. The van der Waals surface area contributed by atoms with Gasteiger partial charge in [0.2, 0.25) is 11.7 Å². The first-order valence-corrected chi connectivity index (χ1v) is 9.87. The largest absolute Gasteiger partial charge is 0.493 e. The van der Waals surface area contributed by atoms with Crippen LogP contribution in [0.5, 0.6) is 17.2 Å². The summed E-state index contributed by atoms with van der Waals surface area (Å²) in [7, 11) is 6.47. The number of benzene rings is 2. The van der Waals surface area contributed by atoms with Gasteiger partial charge in [0.15, 0.2) is 11.5 Å². The Morgan fingerprint density at radius 3 is 2.37 bits per heavy atom. The number of amides is 1. The van der Waals surface area contributed by atoms with Crippen LogP contribution in [0.25, 0.3) is 11.3 Å². The number of hydrogen-bond donors (Lipinski definition) is 2. The van der Waals surface area contributed by atoms with Gasteiger partial charge in [0.1, 0.15) is 5.69 Å². The quantitative estimate of drug-likeness (QED) is 0.485. The third-order valence-electron chi connectivity index (χ3n) is 4.36. The Labute approximate surface area is 183 Å². The molecule has 0 aliphatic carbocycles. The molecule has 0 bridgehead atoms. The van der Waals surface area contributed by atoms with E-state index < -0.39 is 0 Å². The van der Waals surface area contributed by atoms with Gasteiger partial charge in [0.25, 0.3) is 0 Å². The molecule has 3 rings (SSSR count). The zero-order chi connectivity index (χ0) is 21.7. The van der Waals surface area contributed by atoms with Crippen LogP contribution in [0, 0.1) is 0 Å². The molecule has 0 saturated heterocycles. The molecule has 0 unspecified atom stereocenters. The van der Waals surface area contributed by atoms with E-state index in [1.165, 1.54) is 21.3 Å². The summed E-state index contributed by atoms with van der Waals surface area (Å²) in [4.78, 5) is 12.4. The van der Waals surface area contributed by atoms with E-state index in [9.17, 15) is 4.79 Å². The van der Waals surface area contributed by atoms with Crippen LogP contribution in [0.3, 0.4) is 0 Å². The number of nitrogens with one attached hydrogen (secondary N) is 2. The molecule has 0 atom stereocenters. The first-order valence-electron chi connectivity index (χ1n) is 9.08. The number of methoxy groups -OCH3 is 3. The fourth-order valence-corrected chi connectivity index (χ4v) is 3.61. The summed E-state index contributed by atoms with van der Waals surface area (Å²) in [5.41, 5.74) is 8.87. The number of hydrazine groups is 1. The number of halogens is 1. The lowest BCUT2D eigenvalue weighted by atomic mass is 10.1. The van der Waals surface area contributed by atoms with Crippen molar-refractivity contribution in [2.24, 2.45) is 7.05 Å². The second-order valence-electron chi connectivity index (χ2n) is 6.46. The highest BCUT2D eigenvalue weighted by atomic mass is 79.9. The van der Waals surface area contributed by atoms with E-state index in [0.717, 1.165) is 27.0 Å². The second-order valence-corrected chi connectivity index (χ2v) is 7.32. The van der Waals surface area contributed by atoms with E-state index in [-0.39, 0.29) is 12.3 Å². The molecule has 1 heterocycles. The molecule has 0 aliphatic rings. The predicted octanol–water partition coefficient (Wildman–Crippen LogP) is 3.56. The predicted molar refractivity (Wildman–Crippen MR) is 118 cm³/mol. The van der Waals surface area contributed by atoms with Crippen molar-refractivity contribution in [3.8, 4) is 28.5 Å². The molecule has 0 aliphatic heterocycles. The van der Waals surface area contributed by atoms with Gasteiger partial charge >= 0.3 is 0 Å². The van der Waals surface area contributed by atoms with Crippen LogP contribution >= 0.6 is 15.9 Å². The van der Waals surface area contributed by atoms with E-state index >= 15 is 0 Å². The first kappa shape index (κ1) is 21.5. The third-order valence-corrected chi connectivity index (χ3v) is 4.94. The Bertz CT molecular complexity index is 1030. The van der Waals surface area contributed by atoms with Gasteiger partial charge in [-0.05, 0) is 45.8 Å². The molecule has 1 amide bonds. The highest BCUT2D eigenvalue weighted by molar-refractivity contribution is 9.10.